The van der Waals surface area contributed by atoms with Gasteiger partial charge in [-0.3, -0.25) is 14.9 Å². The average molecular weight is 730 g/mol. The number of halogens is 2. The molecule has 5 fully saturated rings. The van der Waals surface area contributed by atoms with Crippen molar-refractivity contribution in [1.29, 1.82) is 0 Å². The van der Waals surface area contributed by atoms with Crippen molar-refractivity contribution >= 4 is 35.1 Å². The third-order valence-electron chi connectivity index (χ3n) is 11.7. The van der Waals surface area contributed by atoms with E-state index in [1.807, 2.05) is 4.90 Å². The first-order chi connectivity index (χ1) is 25.6. The maximum atomic E-state index is 15.5. The van der Waals surface area contributed by atoms with Gasteiger partial charge in [-0.25, -0.2) is 13.8 Å². The van der Waals surface area contributed by atoms with Gasteiger partial charge >= 0.3 is 0 Å². The Morgan fingerprint density at radius 2 is 2.02 bits per heavy atom. The minimum atomic E-state index is -1.21. The van der Waals surface area contributed by atoms with E-state index in [0.717, 1.165) is 51.5 Å². The van der Waals surface area contributed by atoms with Gasteiger partial charge in [-0.15, -0.1) is 6.42 Å². The molecule has 6 unspecified atom stereocenters. The zero-order valence-electron chi connectivity index (χ0n) is 30.4. The summed E-state index contributed by atoms with van der Waals surface area (Å²) in [6, 6.07) is 6.16. The van der Waals surface area contributed by atoms with Crippen molar-refractivity contribution in [2.24, 2.45) is 20.4 Å². The molecule has 0 radical (unpaired) electrons. The molecule has 1 saturated carbocycles. The number of allylic oxidation sites excluding steroid dienone is 1. The Morgan fingerprint density at radius 3 is 2.81 bits per heavy atom. The number of aromatic hydroxyl groups is 1. The van der Waals surface area contributed by atoms with Crippen LogP contribution >= 0.6 is 0 Å². The molecule has 6 atom stereocenters. The van der Waals surface area contributed by atoms with E-state index in [-0.39, 0.29) is 77.2 Å². The predicted molar refractivity (Wildman–Crippen MR) is 203 cm³/mol. The monoisotopic (exact) mass is 729 g/mol. The quantitative estimate of drug-likeness (QED) is 0.240. The first kappa shape index (κ1) is 37.3. The van der Waals surface area contributed by atoms with Crippen LogP contribution in [0, 0.1) is 23.6 Å². The van der Waals surface area contributed by atoms with Gasteiger partial charge in [0.15, 0.2) is 6.29 Å². The molecule has 1 aliphatic carbocycles. The van der Waals surface area contributed by atoms with Crippen LogP contribution in [-0.2, 0) is 14.2 Å². The van der Waals surface area contributed by atoms with Crippen molar-refractivity contribution in [3.63, 3.8) is 0 Å². The lowest BCUT2D eigenvalue weighted by Gasteiger charge is -2.50. The summed E-state index contributed by atoms with van der Waals surface area (Å²) in [5, 5.41) is 22.5. The lowest BCUT2D eigenvalue weighted by molar-refractivity contribution is -0.154. The number of benzene rings is 2. The minimum Gasteiger partial charge on any atom is -0.508 e. The van der Waals surface area contributed by atoms with E-state index in [2.05, 4.69) is 34.1 Å². The van der Waals surface area contributed by atoms with Crippen LogP contribution in [0.25, 0.3) is 16.5 Å². The maximum absolute atomic E-state index is 15.5. The third-order valence-corrected chi connectivity index (χ3v) is 11.7. The highest BCUT2D eigenvalue weighted by Gasteiger charge is 2.52. The molecule has 5 aliphatic rings. The molecule has 0 spiro atoms. The number of phenolic OH excluding ortho intramolecular Hbond substituents is 1. The Hall–Kier alpha value is -3.99. The zero-order chi connectivity index (χ0) is 37.3. The molecule has 53 heavy (non-hydrogen) atoms. The van der Waals surface area contributed by atoms with Gasteiger partial charge in [-0.1, -0.05) is 25.0 Å². The van der Waals surface area contributed by atoms with Gasteiger partial charge in [-0.05, 0) is 82.3 Å². The van der Waals surface area contributed by atoms with Gasteiger partial charge in [-0.2, -0.15) is 0 Å². The van der Waals surface area contributed by atoms with E-state index in [4.69, 9.17) is 25.6 Å². The molecule has 2 N–H and O–H groups in total. The molecule has 2 aromatic rings. The summed E-state index contributed by atoms with van der Waals surface area (Å²) in [7, 11) is 0. The fraction of sp³-hybridized carbons (Fsp3) is 0.537. The highest BCUT2D eigenvalue weighted by atomic mass is 19.1. The zero-order valence-corrected chi connectivity index (χ0v) is 30.4. The number of alkyl halides is 1. The summed E-state index contributed by atoms with van der Waals surface area (Å²) in [5.41, 5.74) is -0.444. The van der Waals surface area contributed by atoms with Crippen LogP contribution < -0.4 is 0 Å². The molecule has 2 bridgehead atoms. The van der Waals surface area contributed by atoms with Crippen molar-refractivity contribution in [1.82, 2.24) is 9.80 Å². The fourth-order valence-electron chi connectivity index (χ4n) is 9.26. The van der Waals surface area contributed by atoms with Gasteiger partial charge < -0.3 is 29.3 Å². The van der Waals surface area contributed by atoms with E-state index in [1.165, 1.54) is 30.5 Å². The van der Waals surface area contributed by atoms with Crippen LogP contribution in [0.15, 0.2) is 57.2 Å². The van der Waals surface area contributed by atoms with Crippen molar-refractivity contribution in [2.75, 3.05) is 52.7 Å². The molecule has 4 aliphatic heterocycles. The van der Waals surface area contributed by atoms with Gasteiger partial charge in [0.2, 0.25) is 0 Å². The van der Waals surface area contributed by atoms with E-state index >= 15 is 4.39 Å². The molecule has 4 heterocycles. The summed E-state index contributed by atoms with van der Waals surface area (Å²) in [6.07, 6.45) is 14.3. The van der Waals surface area contributed by atoms with E-state index in [1.54, 1.807) is 6.92 Å². The Balaban J connectivity index is 1.26. The highest BCUT2D eigenvalue weighted by molar-refractivity contribution is 6.18. The molecule has 12 heteroatoms. The largest absolute Gasteiger partial charge is 0.508 e. The van der Waals surface area contributed by atoms with E-state index in [9.17, 15) is 14.6 Å². The van der Waals surface area contributed by atoms with Gasteiger partial charge in [0.1, 0.15) is 29.7 Å². The third kappa shape index (κ3) is 7.42. The second-order valence-electron chi connectivity index (χ2n) is 15.3. The predicted octanol–water partition coefficient (Wildman–Crippen LogP) is 5.65. The Morgan fingerprint density at radius 1 is 1.19 bits per heavy atom. The highest BCUT2D eigenvalue weighted by Crippen LogP contribution is 2.50. The standard InChI is InChI=1S/C41H49F2N5O5/c1-5-30-33(43)11-9-27-18-28(49)19-31(37(27)30)26(2)45-21-32(38(44-4)47-16-17-51-25-40(3,50)24-47)34(20-42)46-23-41-13-6-8-36(41)48(15-7-14-41)35-12-10-29-22-52-39(35)53-29/h1,9,11,18-19,21,29,35-36,39,49-50H,2,4,6-8,10,12-17,20,22-25H2,3H3/b38-32+,45-21?,46-34?. The molecule has 10 nitrogen and oxygen atoms in total. The summed E-state index contributed by atoms with van der Waals surface area (Å²) >= 11 is 0. The number of phenols is 1. The Bertz CT molecular complexity index is 1890. The van der Waals surface area contributed by atoms with Crippen LogP contribution in [-0.4, -0.2) is 121 Å². The van der Waals surface area contributed by atoms with Gasteiger partial charge in [0.25, 0.3) is 0 Å². The van der Waals surface area contributed by atoms with E-state index < -0.39 is 18.1 Å². The topological polar surface area (TPSA) is 112 Å². The van der Waals surface area contributed by atoms with Crippen LogP contribution in [0.3, 0.4) is 0 Å². The number of piperidine rings is 1. The molecule has 0 aromatic heterocycles. The molecular weight excluding hydrogens is 680 g/mol. The van der Waals surface area contributed by atoms with Crippen molar-refractivity contribution in [3.05, 3.63) is 59.2 Å². The molecule has 2 aromatic carbocycles. The number of rotatable bonds is 10. The number of β-amino-alcohol motifs (C(OH)–C–C–N with tert-alkyl or cyclic N) is 1. The minimum absolute atomic E-state index is 0.0156. The molecular formula is C41H49F2N5O5. The summed E-state index contributed by atoms with van der Waals surface area (Å²) in [6.45, 7) is 11.7. The lowest BCUT2D eigenvalue weighted by Crippen LogP contribution is -2.58. The Labute approximate surface area is 309 Å². The van der Waals surface area contributed by atoms with Crippen molar-refractivity contribution in [3.8, 4) is 18.1 Å². The molecule has 7 rings (SSSR count). The average Bonchev–Trinajstić information content (AvgIpc) is 3.70. The number of terminal acetylenes is 1. The van der Waals surface area contributed by atoms with Crippen molar-refractivity contribution in [2.45, 2.75) is 81.9 Å². The second kappa shape index (κ2) is 15.4. The van der Waals surface area contributed by atoms with Crippen LogP contribution in [0.2, 0.25) is 0 Å². The first-order valence-electron chi connectivity index (χ1n) is 18.6. The van der Waals surface area contributed by atoms with Crippen molar-refractivity contribution < 1.29 is 33.2 Å². The maximum Gasteiger partial charge on any atom is 0.173 e. The normalized spacial score (nSPS) is 31.3. The number of hydrogen-bond acceptors (Lipinski definition) is 10. The molecule has 0 amide bonds. The number of likely N-dealkylation sites (tertiary alicyclic amines) is 1. The SMILES string of the molecule is C#Cc1c(F)ccc2cc(O)cc(C(=C)N=C/C(C(CF)=NCC34CCCC3N(C3CCC5COC3O5)CCC4)=C(/N=C)N3CCOCC(C)(O)C3)c12. The number of fused-ring (bicyclic) bond motifs is 4. The number of nitrogens with zero attached hydrogens (tertiary/aromatic N) is 5. The fourth-order valence-corrected chi connectivity index (χ4v) is 9.26. The van der Waals surface area contributed by atoms with E-state index in [0.29, 0.717) is 42.6 Å². The van der Waals surface area contributed by atoms with Crippen LogP contribution in [0.1, 0.15) is 63.0 Å². The summed E-state index contributed by atoms with van der Waals surface area (Å²) in [5.74, 6) is 2.04. The van der Waals surface area contributed by atoms with Gasteiger partial charge in [0.05, 0.1) is 61.1 Å². The second-order valence-corrected chi connectivity index (χ2v) is 15.3. The summed E-state index contributed by atoms with van der Waals surface area (Å²) in [4.78, 5) is 18.5. The van der Waals surface area contributed by atoms with Crippen LogP contribution in [0.5, 0.6) is 5.75 Å². The molecule has 4 saturated heterocycles. The van der Waals surface area contributed by atoms with Crippen LogP contribution in [0.4, 0.5) is 8.78 Å². The smallest absolute Gasteiger partial charge is 0.173 e. The Kier molecular flexibility index (Phi) is 10.8. The number of aliphatic hydroxyl groups is 1. The lowest BCUT2D eigenvalue weighted by atomic mass is 9.74. The first-order valence-corrected chi connectivity index (χ1v) is 18.6. The molecule has 282 valence electrons. The number of hydrogen-bond donors (Lipinski definition) is 2. The number of ether oxygens (including phenoxy) is 3. The van der Waals surface area contributed by atoms with Gasteiger partial charge in [0, 0.05) is 41.7 Å². The number of aliphatic imine (C=N–C) groups is 3. The summed E-state index contributed by atoms with van der Waals surface area (Å²) < 4.78 is 48.3.